The highest BCUT2D eigenvalue weighted by atomic mass is 16.1. The third-order valence-corrected chi connectivity index (χ3v) is 1.78. The Morgan fingerprint density at radius 3 is 2.57 bits per heavy atom. The summed E-state index contributed by atoms with van der Waals surface area (Å²) in [4.78, 5) is 31.0. The van der Waals surface area contributed by atoms with E-state index in [2.05, 4.69) is 15.0 Å². The van der Waals surface area contributed by atoms with E-state index in [1.165, 1.54) is 18.6 Å². The monoisotopic (exact) mass is 189 g/mol. The minimum Gasteiger partial charge on any atom is -0.312 e. The summed E-state index contributed by atoms with van der Waals surface area (Å²) in [5.41, 5.74) is 0.360. The predicted molar refractivity (Wildman–Crippen MR) is 49.1 cm³/mol. The molecule has 0 bridgehead atoms. The van der Waals surface area contributed by atoms with Crippen LogP contribution in [0.3, 0.4) is 0 Å². The first-order chi connectivity index (χ1) is 6.77. The molecule has 5 heteroatoms. The van der Waals surface area contributed by atoms with E-state index in [0.29, 0.717) is 5.56 Å². The Kier molecular flexibility index (Phi) is 1.98. The molecule has 2 aromatic heterocycles. The summed E-state index contributed by atoms with van der Waals surface area (Å²) in [6.45, 7) is 0. The average molecular weight is 189 g/mol. The topological polar surface area (TPSA) is 78.6 Å². The maximum atomic E-state index is 11.6. The van der Waals surface area contributed by atoms with E-state index in [9.17, 15) is 9.59 Å². The summed E-state index contributed by atoms with van der Waals surface area (Å²) in [5.74, 6) is -0.231. The quantitative estimate of drug-likeness (QED) is 0.668. The van der Waals surface area contributed by atoms with Crippen molar-refractivity contribution in [2.75, 3.05) is 0 Å². The number of nitrogens with one attached hydrogen (secondary N) is 2. The summed E-state index contributed by atoms with van der Waals surface area (Å²) >= 11 is 0. The van der Waals surface area contributed by atoms with Crippen LogP contribution in [0.1, 0.15) is 16.1 Å². The molecule has 0 fully saturated rings. The number of aromatic nitrogens is 3. The number of rotatable bonds is 2. The molecule has 0 spiro atoms. The molecule has 0 amide bonds. The van der Waals surface area contributed by atoms with Crippen LogP contribution >= 0.6 is 0 Å². The van der Waals surface area contributed by atoms with Gasteiger partial charge in [-0.25, -0.2) is 4.79 Å². The van der Waals surface area contributed by atoms with Crippen LogP contribution in [0.4, 0.5) is 0 Å². The average Bonchev–Trinajstić information content (AvgIpc) is 2.65. The molecule has 70 valence electrons. The van der Waals surface area contributed by atoms with Crippen LogP contribution in [0, 0.1) is 0 Å². The van der Waals surface area contributed by atoms with Gasteiger partial charge in [0.05, 0.1) is 0 Å². The van der Waals surface area contributed by atoms with Crippen molar-refractivity contribution >= 4 is 5.78 Å². The van der Waals surface area contributed by atoms with Crippen molar-refractivity contribution in [3.8, 4) is 0 Å². The normalized spacial score (nSPS) is 10.0. The first kappa shape index (κ1) is 8.43. The van der Waals surface area contributed by atoms with Crippen molar-refractivity contribution in [1.29, 1.82) is 0 Å². The van der Waals surface area contributed by atoms with Gasteiger partial charge < -0.3 is 9.97 Å². The molecule has 14 heavy (non-hydrogen) atoms. The third-order valence-electron chi connectivity index (χ3n) is 1.78. The van der Waals surface area contributed by atoms with E-state index in [0.717, 1.165) is 0 Å². The molecule has 2 N–H and O–H groups in total. The van der Waals surface area contributed by atoms with E-state index in [1.54, 1.807) is 12.1 Å². The largest absolute Gasteiger partial charge is 0.323 e. The Labute approximate surface area is 78.8 Å². The molecule has 0 aliphatic heterocycles. The summed E-state index contributed by atoms with van der Waals surface area (Å²) < 4.78 is 0. The van der Waals surface area contributed by atoms with E-state index < -0.39 is 0 Å². The maximum Gasteiger partial charge on any atom is 0.323 e. The van der Waals surface area contributed by atoms with Crippen LogP contribution < -0.4 is 5.69 Å². The zero-order valence-corrected chi connectivity index (χ0v) is 7.15. The number of hydrogen-bond acceptors (Lipinski definition) is 3. The fourth-order valence-electron chi connectivity index (χ4n) is 1.11. The molecule has 2 aromatic rings. The second kappa shape index (κ2) is 3.29. The van der Waals surface area contributed by atoms with E-state index in [1.807, 2.05) is 0 Å². The second-order valence-electron chi connectivity index (χ2n) is 2.72. The first-order valence-corrected chi connectivity index (χ1v) is 4.00. The van der Waals surface area contributed by atoms with E-state index in [4.69, 9.17) is 0 Å². The standard InChI is InChI=1S/C9H7N3O2/c13-8(6-1-3-10-4-2-6)7-5-11-9(14)12-7/h1-5H,(H2,11,12,14). The zero-order chi connectivity index (χ0) is 9.97. The zero-order valence-electron chi connectivity index (χ0n) is 7.15. The first-order valence-electron chi connectivity index (χ1n) is 4.00. The number of hydrogen-bond donors (Lipinski definition) is 2. The predicted octanol–water partition coefficient (Wildman–Crippen LogP) is 0.329. The van der Waals surface area contributed by atoms with E-state index >= 15 is 0 Å². The van der Waals surface area contributed by atoms with Gasteiger partial charge in [0.2, 0.25) is 5.78 Å². The summed E-state index contributed by atoms with van der Waals surface area (Å²) in [5, 5.41) is 0. The number of ketones is 1. The van der Waals surface area contributed by atoms with Gasteiger partial charge in [0.25, 0.3) is 0 Å². The molecular formula is C9H7N3O2. The van der Waals surface area contributed by atoms with Crippen molar-refractivity contribution in [2.24, 2.45) is 0 Å². The molecule has 0 aromatic carbocycles. The van der Waals surface area contributed by atoms with Gasteiger partial charge in [-0.3, -0.25) is 9.78 Å². The van der Waals surface area contributed by atoms with Crippen LogP contribution in [0.25, 0.3) is 0 Å². The maximum absolute atomic E-state index is 11.6. The van der Waals surface area contributed by atoms with E-state index in [-0.39, 0.29) is 17.2 Å². The number of carbonyl (C=O) groups is 1. The fourth-order valence-corrected chi connectivity index (χ4v) is 1.11. The van der Waals surface area contributed by atoms with Gasteiger partial charge in [0, 0.05) is 24.2 Å². The van der Waals surface area contributed by atoms with Gasteiger partial charge in [0.1, 0.15) is 5.69 Å². The van der Waals surface area contributed by atoms with Crippen molar-refractivity contribution in [1.82, 2.24) is 15.0 Å². The number of aromatic amines is 2. The Hall–Kier alpha value is -2.17. The van der Waals surface area contributed by atoms with Gasteiger partial charge in [-0.05, 0) is 12.1 Å². The van der Waals surface area contributed by atoms with Crippen molar-refractivity contribution in [3.05, 3.63) is 52.5 Å². The molecule has 2 heterocycles. The lowest BCUT2D eigenvalue weighted by atomic mass is 10.1. The van der Waals surface area contributed by atoms with Crippen LogP contribution in [0.2, 0.25) is 0 Å². The molecule has 2 rings (SSSR count). The van der Waals surface area contributed by atoms with Gasteiger partial charge >= 0.3 is 5.69 Å². The van der Waals surface area contributed by atoms with Crippen LogP contribution in [0.15, 0.2) is 35.5 Å². The smallest absolute Gasteiger partial charge is 0.312 e. The van der Waals surface area contributed by atoms with Gasteiger partial charge in [-0.1, -0.05) is 0 Å². The third kappa shape index (κ3) is 1.47. The molecule has 0 atom stereocenters. The number of carbonyl (C=O) groups excluding carboxylic acids is 1. The highest BCUT2D eigenvalue weighted by molar-refractivity contribution is 6.07. The van der Waals surface area contributed by atoms with Crippen LogP contribution in [0.5, 0.6) is 0 Å². The summed E-state index contributed by atoms with van der Waals surface area (Å²) in [6, 6.07) is 3.18. The molecule has 0 aliphatic rings. The lowest BCUT2D eigenvalue weighted by molar-refractivity contribution is 0.103. The molecular weight excluding hydrogens is 182 g/mol. The molecule has 5 nitrogen and oxygen atoms in total. The minimum atomic E-state index is -0.387. The summed E-state index contributed by atoms with van der Waals surface area (Å²) in [7, 11) is 0. The lowest BCUT2D eigenvalue weighted by Gasteiger charge is -1.95. The number of pyridine rings is 1. The van der Waals surface area contributed by atoms with Gasteiger partial charge in [-0.2, -0.15) is 0 Å². The van der Waals surface area contributed by atoms with Crippen molar-refractivity contribution in [2.45, 2.75) is 0 Å². The number of H-pyrrole nitrogens is 2. The van der Waals surface area contributed by atoms with Crippen LogP contribution in [-0.4, -0.2) is 20.7 Å². The molecule has 0 saturated carbocycles. The van der Waals surface area contributed by atoms with Crippen LogP contribution in [-0.2, 0) is 0 Å². The van der Waals surface area contributed by atoms with Crippen molar-refractivity contribution in [3.63, 3.8) is 0 Å². The highest BCUT2D eigenvalue weighted by Gasteiger charge is 2.09. The lowest BCUT2D eigenvalue weighted by Crippen LogP contribution is -2.06. The van der Waals surface area contributed by atoms with Gasteiger partial charge in [0.15, 0.2) is 0 Å². The SMILES string of the molecule is O=C(c1ccncc1)c1c[nH]c(=O)[nH]1. The Morgan fingerprint density at radius 1 is 1.29 bits per heavy atom. The Bertz CT molecular complexity index is 498. The number of nitrogens with zero attached hydrogens (tertiary/aromatic N) is 1. The molecule has 0 aliphatic carbocycles. The van der Waals surface area contributed by atoms with Gasteiger partial charge in [-0.15, -0.1) is 0 Å². The second-order valence-corrected chi connectivity index (χ2v) is 2.72. The minimum absolute atomic E-state index is 0.231. The highest BCUT2D eigenvalue weighted by Crippen LogP contribution is 2.03. The number of imidazole rings is 1. The Balaban J connectivity index is 2.38. The Morgan fingerprint density at radius 2 is 2.00 bits per heavy atom. The van der Waals surface area contributed by atoms with Crippen molar-refractivity contribution < 1.29 is 4.79 Å². The fraction of sp³-hybridized carbons (Fsp3) is 0. The summed E-state index contributed by atoms with van der Waals surface area (Å²) in [6.07, 6.45) is 4.40. The molecule has 0 saturated heterocycles. The molecule has 0 unspecified atom stereocenters. The molecule has 0 radical (unpaired) electrons.